The molecule has 0 bridgehead atoms. The van der Waals surface area contributed by atoms with E-state index in [-0.39, 0.29) is 5.82 Å². The minimum absolute atomic E-state index is 0.348. The highest BCUT2D eigenvalue weighted by molar-refractivity contribution is 6.33. The molecule has 21 heavy (non-hydrogen) atoms. The lowest BCUT2D eigenvalue weighted by Gasteiger charge is -2.25. The molecule has 2 aromatic rings. The topological polar surface area (TPSA) is 28.2 Å². The van der Waals surface area contributed by atoms with Crippen LogP contribution in [0.25, 0.3) is 0 Å². The zero-order valence-electron chi connectivity index (χ0n) is 11.9. The van der Waals surface area contributed by atoms with E-state index in [2.05, 4.69) is 16.4 Å². The highest BCUT2D eigenvalue weighted by atomic mass is 35.5. The van der Waals surface area contributed by atoms with Crippen LogP contribution in [-0.2, 0) is 12.8 Å². The van der Waals surface area contributed by atoms with Gasteiger partial charge >= 0.3 is 0 Å². The van der Waals surface area contributed by atoms with E-state index in [1.165, 1.54) is 23.4 Å². The van der Waals surface area contributed by atoms with Crippen molar-refractivity contribution in [2.45, 2.75) is 12.8 Å². The molecule has 5 heteroatoms. The molecule has 0 radical (unpaired) electrons. The number of anilines is 2. The van der Waals surface area contributed by atoms with Crippen LogP contribution in [0.1, 0.15) is 11.1 Å². The molecule has 3 rings (SSSR count). The molecular weight excluding hydrogens is 289 g/mol. The molecule has 2 heterocycles. The van der Waals surface area contributed by atoms with Crippen molar-refractivity contribution >= 4 is 23.0 Å². The fourth-order valence-corrected chi connectivity index (χ4v) is 3.10. The van der Waals surface area contributed by atoms with Gasteiger partial charge in [0.25, 0.3) is 0 Å². The van der Waals surface area contributed by atoms with E-state index in [4.69, 9.17) is 11.6 Å². The quantitative estimate of drug-likeness (QED) is 0.922. The molecule has 0 atom stereocenters. The molecule has 1 aliphatic rings. The number of nitrogens with one attached hydrogen (secondary N) is 1. The van der Waals surface area contributed by atoms with Crippen LogP contribution in [-0.4, -0.2) is 25.1 Å². The zero-order chi connectivity index (χ0) is 14.8. The Morgan fingerprint density at radius 1 is 1.24 bits per heavy atom. The van der Waals surface area contributed by atoms with Gasteiger partial charge in [0.1, 0.15) is 5.82 Å². The number of fused-ring (bicyclic) bond motifs is 1. The Morgan fingerprint density at radius 2 is 2.05 bits per heavy atom. The van der Waals surface area contributed by atoms with Crippen molar-refractivity contribution in [1.29, 1.82) is 0 Å². The number of halogens is 2. The zero-order valence-corrected chi connectivity index (χ0v) is 12.6. The summed E-state index contributed by atoms with van der Waals surface area (Å²) < 4.78 is 13.4. The maximum Gasteiger partial charge on any atom is 0.143 e. The number of rotatable bonds is 2. The monoisotopic (exact) mass is 305 g/mol. The van der Waals surface area contributed by atoms with Crippen LogP contribution in [0, 0.1) is 5.82 Å². The molecule has 0 saturated heterocycles. The predicted molar refractivity (Wildman–Crippen MR) is 84.0 cm³/mol. The van der Waals surface area contributed by atoms with Gasteiger partial charge in [0.2, 0.25) is 0 Å². The maximum absolute atomic E-state index is 13.4. The fraction of sp³-hybridized carbons (Fsp3) is 0.312. The number of nitrogens with zero attached hydrogens (tertiary/aromatic N) is 2. The molecule has 0 fully saturated rings. The average Bonchev–Trinajstić information content (AvgIpc) is 2.72. The van der Waals surface area contributed by atoms with Crippen LogP contribution in [0.2, 0.25) is 5.02 Å². The smallest absolute Gasteiger partial charge is 0.143 e. The molecule has 0 saturated carbocycles. The van der Waals surface area contributed by atoms with Gasteiger partial charge in [-0.25, -0.2) is 4.39 Å². The third kappa shape index (κ3) is 2.87. The standard InChI is InChI=1S/C16H17ClFN3/c1-21(13-8-12(18)9-20-10-13)16-14-5-7-19-6-4-11(14)2-3-15(16)17/h2-3,8-10,19H,4-7H2,1H3. The first-order valence-electron chi connectivity index (χ1n) is 7.02. The summed E-state index contributed by atoms with van der Waals surface area (Å²) in [5.41, 5.74) is 4.18. The van der Waals surface area contributed by atoms with Crippen LogP contribution in [0.3, 0.4) is 0 Å². The molecular formula is C16H17ClFN3. The van der Waals surface area contributed by atoms with Crippen LogP contribution >= 0.6 is 11.6 Å². The molecule has 1 aliphatic heterocycles. The third-order valence-electron chi connectivity index (χ3n) is 3.87. The van der Waals surface area contributed by atoms with Gasteiger partial charge in [-0.15, -0.1) is 0 Å². The van der Waals surface area contributed by atoms with Crippen LogP contribution < -0.4 is 10.2 Å². The maximum atomic E-state index is 13.4. The second-order valence-electron chi connectivity index (χ2n) is 5.20. The Hall–Kier alpha value is -1.65. The Kier molecular flexibility index (Phi) is 4.08. The molecule has 0 spiro atoms. The van der Waals surface area contributed by atoms with Crippen molar-refractivity contribution in [3.63, 3.8) is 0 Å². The van der Waals surface area contributed by atoms with E-state index in [1.807, 2.05) is 18.0 Å². The van der Waals surface area contributed by atoms with E-state index < -0.39 is 0 Å². The van der Waals surface area contributed by atoms with Gasteiger partial charge in [-0.1, -0.05) is 17.7 Å². The average molecular weight is 306 g/mol. The lowest BCUT2D eigenvalue weighted by atomic mass is 10.00. The summed E-state index contributed by atoms with van der Waals surface area (Å²) in [5, 5.41) is 4.08. The first-order valence-corrected chi connectivity index (χ1v) is 7.40. The molecule has 3 nitrogen and oxygen atoms in total. The van der Waals surface area contributed by atoms with Crippen molar-refractivity contribution in [1.82, 2.24) is 10.3 Å². The summed E-state index contributed by atoms with van der Waals surface area (Å²) in [6.45, 7) is 1.90. The lowest BCUT2D eigenvalue weighted by Crippen LogP contribution is -2.17. The molecule has 1 aromatic heterocycles. The lowest BCUT2D eigenvalue weighted by molar-refractivity contribution is 0.621. The fourth-order valence-electron chi connectivity index (χ4n) is 2.80. The van der Waals surface area contributed by atoms with Crippen LogP contribution in [0.4, 0.5) is 15.8 Å². The van der Waals surface area contributed by atoms with Gasteiger partial charge in [-0.2, -0.15) is 0 Å². The number of hydrogen-bond donors (Lipinski definition) is 1. The number of hydrogen-bond acceptors (Lipinski definition) is 3. The summed E-state index contributed by atoms with van der Waals surface area (Å²) in [6, 6.07) is 5.48. The van der Waals surface area contributed by atoms with Gasteiger partial charge in [0.15, 0.2) is 0 Å². The summed E-state index contributed by atoms with van der Waals surface area (Å²) in [7, 11) is 1.90. The van der Waals surface area contributed by atoms with Gasteiger partial charge in [-0.3, -0.25) is 4.98 Å². The SMILES string of the molecule is CN(c1cncc(F)c1)c1c(Cl)ccc2c1CCNCC2. The second-order valence-corrected chi connectivity index (χ2v) is 5.61. The van der Waals surface area contributed by atoms with Gasteiger partial charge < -0.3 is 10.2 Å². The summed E-state index contributed by atoms with van der Waals surface area (Å²) in [4.78, 5) is 5.84. The van der Waals surface area contributed by atoms with Gasteiger partial charge in [0.05, 0.1) is 28.8 Å². The summed E-state index contributed by atoms with van der Waals surface area (Å²) >= 11 is 6.42. The van der Waals surface area contributed by atoms with Crippen molar-refractivity contribution in [2.24, 2.45) is 0 Å². The minimum Gasteiger partial charge on any atom is -0.342 e. The molecule has 1 N–H and O–H groups in total. The minimum atomic E-state index is -0.348. The van der Waals surface area contributed by atoms with Gasteiger partial charge in [-0.05, 0) is 43.1 Å². The Balaban J connectivity index is 2.09. The van der Waals surface area contributed by atoms with Crippen molar-refractivity contribution in [2.75, 3.05) is 25.0 Å². The third-order valence-corrected chi connectivity index (χ3v) is 4.17. The Morgan fingerprint density at radius 3 is 2.86 bits per heavy atom. The highest BCUT2D eigenvalue weighted by Crippen LogP contribution is 2.36. The van der Waals surface area contributed by atoms with Gasteiger partial charge in [0, 0.05) is 13.1 Å². The van der Waals surface area contributed by atoms with Crippen molar-refractivity contribution in [3.8, 4) is 0 Å². The van der Waals surface area contributed by atoms with E-state index in [9.17, 15) is 4.39 Å². The first kappa shape index (κ1) is 14.3. The predicted octanol–water partition coefficient (Wildman–Crippen LogP) is 3.33. The molecule has 110 valence electrons. The Labute approximate surface area is 128 Å². The highest BCUT2D eigenvalue weighted by Gasteiger charge is 2.19. The summed E-state index contributed by atoms with van der Waals surface area (Å²) in [5.74, 6) is -0.348. The molecule has 0 aliphatic carbocycles. The van der Waals surface area contributed by atoms with E-state index >= 15 is 0 Å². The van der Waals surface area contributed by atoms with Crippen molar-refractivity contribution < 1.29 is 4.39 Å². The molecule has 0 amide bonds. The van der Waals surface area contributed by atoms with E-state index in [1.54, 1.807) is 6.20 Å². The number of benzene rings is 1. The first-order chi connectivity index (χ1) is 10.2. The van der Waals surface area contributed by atoms with E-state index in [0.717, 1.165) is 31.6 Å². The Bertz CT molecular complexity index is 660. The largest absolute Gasteiger partial charge is 0.342 e. The number of pyridine rings is 1. The van der Waals surface area contributed by atoms with Crippen molar-refractivity contribution in [3.05, 3.63) is 52.6 Å². The normalized spacial score (nSPS) is 14.4. The van der Waals surface area contributed by atoms with Crippen LogP contribution in [0.15, 0.2) is 30.6 Å². The van der Waals surface area contributed by atoms with Crippen LogP contribution in [0.5, 0.6) is 0 Å². The molecule has 0 unspecified atom stereocenters. The summed E-state index contributed by atoms with van der Waals surface area (Å²) in [6.07, 6.45) is 4.75. The van der Waals surface area contributed by atoms with E-state index in [0.29, 0.717) is 10.7 Å². The second kappa shape index (κ2) is 6.00. The number of aromatic nitrogens is 1. The molecule has 1 aromatic carbocycles.